The molecule has 3 aromatic rings. The standard InChI is InChI=1S/C21H23N5O2/c1-14-13-18(20(27)23-15-9-11-16(12-10-15)26(2)3)25-21(22-14)24-17-7-5-6-8-19(17)28-4/h5-13H,1-4H3,(H,23,27)(H,22,24,25). The van der Waals surface area contributed by atoms with E-state index in [1.165, 1.54) is 0 Å². The summed E-state index contributed by atoms with van der Waals surface area (Å²) in [6.45, 7) is 1.82. The molecule has 2 aromatic carbocycles. The number of carbonyl (C=O) groups excluding carboxylic acids is 1. The summed E-state index contributed by atoms with van der Waals surface area (Å²) >= 11 is 0. The lowest BCUT2D eigenvalue weighted by molar-refractivity contribution is 0.102. The first-order valence-electron chi connectivity index (χ1n) is 8.81. The molecule has 0 aliphatic carbocycles. The van der Waals surface area contributed by atoms with Gasteiger partial charge in [0.1, 0.15) is 11.4 Å². The van der Waals surface area contributed by atoms with E-state index >= 15 is 0 Å². The number of benzene rings is 2. The lowest BCUT2D eigenvalue weighted by Crippen LogP contribution is -2.16. The predicted molar refractivity (Wildman–Crippen MR) is 112 cm³/mol. The number of anilines is 4. The number of ether oxygens (including phenoxy) is 1. The molecule has 0 radical (unpaired) electrons. The van der Waals surface area contributed by atoms with Crippen molar-refractivity contribution in [3.8, 4) is 5.75 Å². The van der Waals surface area contributed by atoms with E-state index in [0.717, 1.165) is 11.4 Å². The van der Waals surface area contributed by atoms with Gasteiger partial charge in [-0.15, -0.1) is 0 Å². The zero-order valence-electron chi connectivity index (χ0n) is 16.4. The molecule has 7 nitrogen and oxygen atoms in total. The van der Waals surface area contributed by atoms with Crippen molar-refractivity contribution in [2.75, 3.05) is 36.7 Å². The zero-order chi connectivity index (χ0) is 20.1. The lowest BCUT2D eigenvalue weighted by Gasteiger charge is -2.13. The molecule has 144 valence electrons. The van der Waals surface area contributed by atoms with Crippen LogP contribution in [0, 0.1) is 6.92 Å². The van der Waals surface area contributed by atoms with Gasteiger partial charge in [0.05, 0.1) is 12.8 Å². The monoisotopic (exact) mass is 377 g/mol. The van der Waals surface area contributed by atoms with Crippen LogP contribution in [0.1, 0.15) is 16.2 Å². The van der Waals surface area contributed by atoms with Crippen molar-refractivity contribution in [2.45, 2.75) is 6.92 Å². The Morgan fingerprint density at radius 1 is 1.04 bits per heavy atom. The maximum atomic E-state index is 12.6. The highest BCUT2D eigenvalue weighted by Crippen LogP contribution is 2.25. The first-order valence-corrected chi connectivity index (χ1v) is 8.81. The normalized spacial score (nSPS) is 10.3. The molecule has 28 heavy (non-hydrogen) atoms. The Balaban J connectivity index is 1.79. The Morgan fingerprint density at radius 3 is 2.43 bits per heavy atom. The van der Waals surface area contributed by atoms with Crippen molar-refractivity contribution in [2.24, 2.45) is 0 Å². The van der Waals surface area contributed by atoms with E-state index in [-0.39, 0.29) is 11.6 Å². The summed E-state index contributed by atoms with van der Waals surface area (Å²) in [4.78, 5) is 23.4. The molecule has 2 N–H and O–H groups in total. The van der Waals surface area contributed by atoms with Crippen molar-refractivity contribution in [3.63, 3.8) is 0 Å². The number of nitrogens with one attached hydrogen (secondary N) is 2. The van der Waals surface area contributed by atoms with Gasteiger partial charge in [-0.2, -0.15) is 0 Å². The Morgan fingerprint density at radius 2 is 1.75 bits per heavy atom. The van der Waals surface area contributed by atoms with Crippen LogP contribution >= 0.6 is 0 Å². The fourth-order valence-corrected chi connectivity index (χ4v) is 2.65. The summed E-state index contributed by atoms with van der Waals surface area (Å²) in [7, 11) is 5.53. The van der Waals surface area contributed by atoms with Crippen molar-refractivity contribution in [3.05, 3.63) is 66.0 Å². The molecule has 0 atom stereocenters. The van der Waals surface area contributed by atoms with Crippen LogP contribution in [-0.4, -0.2) is 37.1 Å². The smallest absolute Gasteiger partial charge is 0.274 e. The van der Waals surface area contributed by atoms with Gasteiger partial charge >= 0.3 is 0 Å². The summed E-state index contributed by atoms with van der Waals surface area (Å²) in [6, 6.07) is 16.7. The fraction of sp³-hybridized carbons (Fsp3) is 0.190. The number of hydrogen-bond acceptors (Lipinski definition) is 6. The van der Waals surface area contributed by atoms with E-state index in [0.29, 0.717) is 23.1 Å². The number of nitrogens with zero attached hydrogens (tertiary/aromatic N) is 3. The Hall–Kier alpha value is -3.61. The predicted octanol–water partition coefficient (Wildman–Crippen LogP) is 3.86. The zero-order valence-corrected chi connectivity index (χ0v) is 16.4. The van der Waals surface area contributed by atoms with Gasteiger partial charge < -0.3 is 20.3 Å². The van der Waals surface area contributed by atoms with Crippen LogP contribution in [0.4, 0.5) is 23.0 Å². The van der Waals surface area contributed by atoms with Crippen LogP contribution in [-0.2, 0) is 0 Å². The molecule has 0 saturated carbocycles. The summed E-state index contributed by atoms with van der Waals surface area (Å²) in [5.41, 5.74) is 3.44. The fourth-order valence-electron chi connectivity index (χ4n) is 2.65. The van der Waals surface area contributed by atoms with Crippen LogP contribution < -0.4 is 20.3 Å². The van der Waals surface area contributed by atoms with Gasteiger partial charge in [0.25, 0.3) is 5.91 Å². The largest absolute Gasteiger partial charge is 0.495 e. The summed E-state index contributed by atoms with van der Waals surface area (Å²) in [5, 5.41) is 5.98. The molecule has 3 rings (SSSR count). The Bertz CT molecular complexity index is 971. The van der Waals surface area contributed by atoms with Crippen LogP contribution in [0.5, 0.6) is 5.75 Å². The molecule has 0 aliphatic rings. The highest BCUT2D eigenvalue weighted by atomic mass is 16.5. The Kier molecular flexibility index (Phi) is 5.74. The number of aryl methyl sites for hydroxylation is 1. The third kappa shape index (κ3) is 4.56. The molecule has 0 aliphatic heterocycles. The second kappa shape index (κ2) is 8.39. The minimum absolute atomic E-state index is 0.279. The topological polar surface area (TPSA) is 79.4 Å². The average molecular weight is 377 g/mol. The Labute approximate surface area is 164 Å². The van der Waals surface area contributed by atoms with E-state index < -0.39 is 0 Å². The molecule has 0 saturated heterocycles. The lowest BCUT2D eigenvalue weighted by atomic mass is 10.2. The van der Waals surface area contributed by atoms with Crippen LogP contribution in [0.3, 0.4) is 0 Å². The third-order valence-corrected chi connectivity index (χ3v) is 4.08. The molecule has 1 heterocycles. The first-order chi connectivity index (χ1) is 13.5. The van der Waals surface area contributed by atoms with E-state index in [1.807, 2.05) is 74.4 Å². The maximum Gasteiger partial charge on any atom is 0.274 e. The number of methoxy groups -OCH3 is 1. The average Bonchev–Trinajstić information content (AvgIpc) is 2.68. The van der Waals surface area contributed by atoms with Gasteiger partial charge in [0.2, 0.25) is 5.95 Å². The maximum absolute atomic E-state index is 12.6. The summed E-state index contributed by atoms with van der Waals surface area (Å²) < 4.78 is 5.33. The van der Waals surface area contributed by atoms with E-state index in [9.17, 15) is 4.79 Å². The number of rotatable bonds is 6. The number of amides is 1. The van der Waals surface area contributed by atoms with Gasteiger partial charge in [0, 0.05) is 31.2 Å². The van der Waals surface area contributed by atoms with Crippen LogP contribution in [0.25, 0.3) is 0 Å². The van der Waals surface area contributed by atoms with Crippen LogP contribution in [0.2, 0.25) is 0 Å². The molecule has 1 amide bonds. The van der Waals surface area contributed by atoms with Crippen molar-refractivity contribution >= 4 is 28.9 Å². The second-order valence-electron chi connectivity index (χ2n) is 6.44. The van der Waals surface area contributed by atoms with E-state index in [2.05, 4.69) is 20.6 Å². The van der Waals surface area contributed by atoms with E-state index in [1.54, 1.807) is 13.2 Å². The highest BCUT2D eigenvalue weighted by molar-refractivity contribution is 6.03. The molecule has 1 aromatic heterocycles. The highest BCUT2D eigenvalue weighted by Gasteiger charge is 2.12. The van der Waals surface area contributed by atoms with Gasteiger partial charge in [-0.1, -0.05) is 12.1 Å². The molecule has 0 unspecified atom stereocenters. The van der Waals surface area contributed by atoms with Gasteiger partial charge in [-0.25, -0.2) is 9.97 Å². The van der Waals surface area contributed by atoms with Gasteiger partial charge in [-0.3, -0.25) is 4.79 Å². The molecular weight excluding hydrogens is 354 g/mol. The SMILES string of the molecule is COc1ccccc1Nc1nc(C)cc(C(=O)Nc2ccc(N(C)C)cc2)n1. The molecule has 0 fully saturated rings. The van der Waals surface area contributed by atoms with Crippen molar-refractivity contribution in [1.82, 2.24) is 9.97 Å². The summed E-state index contributed by atoms with van der Waals surface area (Å²) in [5.74, 6) is 0.698. The molecule has 0 bridgehead atoms. The minimum atomic E-state index is -0.300. The number of para-hydroxylation sites is 2. The van der Waals surface area contributed by atoms with E-state index in [4.69, 9.17) is 4.74 Å². The summed E-state index contributed by atoms with van der Waals surface area (Å²) in [6.07, 6.45) is 0. The van der Waals surface area contributed by atoms with Gasteiger partial charge in [-0.05, 0) is 49.4 Å². The minimum Gasteiger partial charge on any atom is -0.495 e. The van der Waals surface area contributed by atoms with Gasteiger partial charge in [0.15, 0.2) is 0 Å². The van der Waals surface area contributed by atoms with Crippen LogP contribution in [0.15, 0.2) is 54.6 Å². The number of carbonyl (C=O) groups is 1. The molecular formula is C21H23N5O2. The van der Waals surface area contributed by atoms with Crippen molar-refractivity contribution < 1.29 is 9.53 Å². The first kappa shape index (κ1) is 19.2. The third-order valence-electron chi connectivity index (χ3n) is 4.08. The number of hydrogen-bond donors (Lipinski definition) is 2. The molecule has 0 spiro atoms. The molecule has 7 heteroatoms. The second-order valence-corrected chi connectivity index (χ2v) is 6.44. The number of aromatic nitrogens is 2. The van der Waals surface area contributed by atoms with Crippen molar-refractivity contribution in [1.29, 1.82) is 0 Å². The quantitative estimate of drug-likeness (QED) is 0.679.